The molecule has 0 bridgehead atoms. The van der Waals surface area contributed by atoms with Crippen molar-refractivity contribution in [1.82, 2.24) is 10.2 Å². The zero-order valence-electron chi connectivity index (χ0n) is 9.66. The monoisotopic (exact) mass is 256 g/mol. The number of nitro benzene ring substituents is 1. The Hall–Kier alpha value is -3.01. The van der Waals surface area contributed by atoms with Crippen LogP contribution in [0.2, 0.25) is 0 Å². The van der Waals surface area contributed by atoms with Crippen LogP contribution in [0.5, 0.6) is 0 Å². The van der Waals surface area contributed by atoms with Crippen LogP contribution in [0.3, 0.4) is 0 Å². The van der Waals surface area contributed by atoms with E-state index in [-0.39, 0.29) is 12.1 Å². The summed E-state index contributed by atoms with van der Waals surface area (Å²) >= 11 is 0. The molecule has 0 fully saturated rings. The van der Waals surface area contributed by atoms with E-state index in [0.29, 0.717) is 16.8 Å². The highest BCUT2D eigenvalue weighted by Crippen LogP contribution is 2.20. The van der Waals surface area contributed by atoms with E-state index >= 15 is 0 Å². The van der Waals surface area contributed by atoms with Crippen LogP contribution in [-0.2, 0) is 6.42 Å². The van der Waals surface area contributed by atoms with Crippen molar-refractivity contribution in [2.24, 2.45) is 0 Å². The molecule has 7 heteroatoms. The minimum atomic E-state index is -0.495. The van der Waals surface area contributed by atoms with Crippen molar-refractivity contribution in [3.63, 3.8) is 0 Å². The number of nitrogens with zero attached hydrogens (tertiary/aromatic N) is 3. The Kier molecular flexibility index (Phi) is 3.34. The molecule has 2 rings (SSSR count). The van der Waals surface area contributed by atoms with Gasteiger partial charge in [-0.25, -0.2) is 5.10 Å². The van der Waals surface area contributed by atoms with Crippen LogP contribution in [-0.4, -0.2) is 15.1 Å². The molecular weight excluding hydrogens is 248 g/mol. The Morgan fingerprint density at radius 2 is 2.05 bits per heavy atom. The Morgan fingerprint density at radius 3 is 2.63 bits per heavy atom. The third-order valence-electron chi connectivity index (χ3n) is 2.52. The molecule has 1 aromatic carbocycles. The fourth-order valence-electron chi connectivity index (χ4n) is 1.56. The molecule has 1 N–H and O–H groups in total. The van der Waals surface area contributed by atoms with E-state index in [1.165, 1.54) is 30.3 Å². The van der Waals surface area contributed by atoms with Crippen molar-refractivity contribution in [1.29, 1.82) is 5.26 Å². The van der Waals surface area contributed by atoms with E-state index in [1.807, 2.05) is 6.07 Å². The molecule has 0 spiro atoms. The molecule has 94 valence electrons. The van der Waals surface area contributed by atoms with E-state index in [9.17, 15) is 14.9 Å². The average molecular weight is 256 g/mol. The van der Waals surface area contributed by atoms with E-state index in [1.54, 1.807) is 0 Å². The number of hydrogen-bond donors (Lipinski definition) is 1. The van der Waals surface area contributed by atoms with E-state index in [4.69, 9.17) is 5.26 Å². The number of rotatable bonds is 3. The predicted molar refractivity (Wildman–Crippen MR) is 66.3 cm³/mol. The normalized spacial score (nSPS) is 9.84. The van der Waals surface area contributed by atoms with Gasteiger partial charge >= 0.3 is 0 Å². The maximum atomic E-state index is 11.4. The van der Waals surface area contributed by atoms with Crippen molar-refractivity contribution >= 4 is 5.69 Å². The van der Waals surface area contributed by atoms with Gasteiger partial charge in [0, 0.05) is 23.3 Å². The quantitative estimate of drug-likeness (QED) is 0.658. The Morgan fingerprint density at radius 1 is 1.37 bits per heavy atom. The van der Waals surface area contributed by atoms with Gasteiger partial charge in [-0.15, -0.1) is 0 Å². The first-order chi connectivity index (χ1) is 9.11. The molecule has 0 aliphatic heterocycles. The number of aromatic amines is 1. The second-order valence-electron chi connectivity index (χ2n) is 3.75. The lowest BCUT2D eigenvalue weighted by molar-refractivity contribution is -0.384. The first-order valence-electron chi connectivity index (χ1n) is 5.32. The summed E-state index contributed by atoms with van der Waals surface area (Å²) in [6.07, 6.45) is -0.0160. The molecule has 19 heavy (non-hydrogen) atoms. The number of non-ortho nitro benzene ring substituents is 1. The molecule has 1 aromatic heterocycles. The molecular formula is C12H8N4O3. The predicted octanol–water partition coefficient (Wildman–Crippen LogP) is 1.41. The molecule has 0 aliphatic rings. The van der Waals surface area contributed by atoms with Gasteiger partial charge in [-0.3, -0.25) is 14.9 Å². The topological polar surface area (TPSA) is 113 Å². The third-order valence-corrected chi connectivity index (χ3v) is 2.52. The second-order valence-corrected chi connectivity index (χ2v) is 3.75. The molecule has 0 atom stereocenters. The van der Waals surface area contributed by atoms with E-state index in [2.05, 4.69) is 10.2 Å². The van der Waals surface area contributed by atoms with Crippen LogP contribution in [0, 0.1) is 21.4 Å². The summed E-state index contributed by atoms with van der Waals surface area (Å²) in [5.41, 5.74) is 0.962. The molecule has 0 saturated carbocycles. The van der Waals surface area contributed by atoms with Crippen molar-refractivity contribution in [3.8, 4) is 17.3 Å². The number of nitriles is 1. The second kappa shape index (κ2) is 5.10. The molecule has 0 amide bonds. The number of nitro groups is 1. The van der Waals surface area contributed by atoms with Crippen LogP contribution in [0.4, 0.5) is 5.69 Å². The average Bonchev–Trinajstić information content (AvgIpc) is 2.41. The third kappa shape index (κ3) is 2.63. The van der Waals surface area contributed by atoms with Gasteiger partial charge in [0.1, 0.15) is 0 Å². The van der Waals surface area contributed by atoms with Gasteiger partial charge in [0.2, 0.25) is 0 Å². The summed E-state index contributed by atoms with van der Waals surface area (Å²) in [6.45, 7) is 0. The lowest BCUT2D eigenvalue weighted by Crippen LogP contribution is -2.14. The van der Waals surface area contributed by atoms with Gasteiger partial charge in [0.05, 0.1) is 23.1 Å². The lowest BCUT2D eigenvalue weighted by atomic mass is 10.1. The molecule has 0 radical (unpaired) electrons. The van der Waals surface area contributed by atoms with Crippen LogP contribution < -0.4 is 5.56 Å². The summed E-state index contributed by atoms with van der Waals surface area (Å²) < 4.78 is 0. The zero-order valence-corrected chi connectivity index (χ0v) is 9.66. The zero-order chi connectivity index (χ0) is 13.8. The van der Waals surface area contributed by atoms with Gasteiger partial charge in [-0.05, 0) is 18.2 Å². The minimum absolute atomic E-state index is 0.0160. The molecule has 0 saturated heterocycles. The number of aromatic nitrogens is 2. The first-order valence-corrected chi connectivity index (χ1v) is 5.32. The Bertz CT molecular complexity index is 713. The summed E-state index contributed by atoms with van der Waals surface area (Å²) in [5.74, 6) is 0. The Balaban J connectivity index is 2.42. The standard InChI is InChI=1S/C12H8N4O3/c13-6-5-9-7-11(14-15-12(9)17)8-1-3-10(4-2-8)16(18)19/h1-4,7H,5H2,(H,15,17). The highest BCUT2D eigenvalue weighted by atomic mass is 16.6. The number of H-pyrrole nitrogens is 1. The largest absolute Gasteiger partial charge is 0.269 e. The summed E-state index contributed by atoms with van der Waals surface area (Å²) in [5, 5.41) is 25.3. The maximum Gasteiger partial charge on any atom is 0.269 e. The summed E-state index contributed by atoms with van der Waals surface area (Å²) in [4.78, 5) is 21.4. The maximum absolute atomic E-state index is 11.4. The molecule has 0 unspecified atom stereocenters. The summed E-state index contributed by atoms with van der Waals surface area (Å²) in [7, 11) is 0. The number of benzene rings is 1. The van der Waals surface area contributed by atoms with Gasteiger partial charge < -0.3 is 0 Å². The SMILES string of the molecule is N#CCc1cc(-c2ccc([N+](=O)[O-])cc2)n[nH]c1=O. The minimum Gasteiger partial charge on any atom is -0.268 e. The van der Waals surface area contributed by atoms with Crippen LogP contribution >= 0.6 is 0 Å². The number of nitrogens with one attached hydrogen (secondary N) is 1. The molecule has 2 aromatic rings. The smallest absolute Gasteiger partial charge is 0.268 e. The van der Waals surface area contributed by atoms with Gasteiger partial charge in [-0.1, -0.05) is 0 Å². The van der Waals surface area contributed by atoms with Gasteiger partial charge in [-0.2, -0.15) is 10.4 Å². The fraction of sp³-hybridized carbons (Fsp3) is 0.0833. The molecule has 1 heterocycles. The molecule has 0 aliphatic carbocycles. The van der Waals surface area contributed by atoms with Crippen molar-refractivity contribution < 1.29 is 4.92 Å². The van der Waals surface area contributed by atoms with Crippen LogP contribution in [0.15, 0.2) is 35.1 Å². The van der Waals surface area contributed by atoms with Crippen molar-refractivity contribution in [2.75, 3.05) is 0 Å². The van der Waals surface area contributed by atoms with Crippen molar-refractivity contribution in [3.05, 3.63) is 56.4 Å². The Labute approximate surface area is 107 Å². The van der Waals surface area contributed by atoms with E-state index < -0.39 is 10.5 Å². The first kappa shape index (κ1) is 12.4. The van der Waals surface area contributed by atoms with Gasteiger partial charge in [0.25, 0.3) is 11.2 Å². The van der Waals surface area contributed by atoms with Crippen LogP contribution in [0.25, 0.3) is 11.3 Å². The highest BCUT2D eigenvalue weighted by molar-refractivity contribution is 5.60. The lowest BCUT2D eigenvalue weighted by Gasteiger charge is -2.01. The summed E-state index contributed by atoms with van der Waals surface area (Å²) in [6, 6.07) is 9.17. The van der Waals surface area contributed by atoms with Crippen LogP contribution in [0.1, 0.15) is 5.56 Å². The highest BCUT2D eigenvalue weighted by Gasteiger charge is 2.08. The molecule has 7 nitrogen and oxygen atoms in total. The number of hydrogen-bond acceptors (Lipinski definition) is 5. The van der Waals surface area contributed by atoms with Crippen molar-refractivity contribution in [2.45, 2.75) is 6.42 Å². The fourth-order valence-corrected chi connectivity index (χ4v) is 1.56. The van der Waals surface area contributed by atoms with Gasteiger partial charge in [0.15, 0.2) is 0 Å². The van der Waals surface area contributed by atoms with E-state index in [0.717, 1.165) is 0 Å².